The Kier molecular flexibility index (Phi) is 12.6. The predicted molar refractivity (Wildman–Crippen MR) is 80.8 cm³/mol. The number of aliphatic hydroxyl groups is 4. The summed E-state index contributed by atoms with van der Waals surface area (Å²) in [5.41, 5.74) is 0. The van der Waals surface area contributed by atoms with E-state index in [0.717, 1.165) is 19.3 Å². The van der Waals surface area contributed by atoms with Crippen LogP contribution in [0.3, 0.4) is 0 Å². The van der Waals surface area contributed by atoms with Gasteiger partial charge in [0, 0.05) is 19.5 Å². The summed E-state index contributed by atoms with van der Waals surface area (Å²) in [5, 5.41) is 36.7. The molecule has 0 saturated heterocycles. The summed E-state index contributed by atoms with van der Waals surface area (Å²) in [5.74, 6) is -0.135. The molecule has 0 radical (unpaired) electrons. The maximum absolute atomic E-state index is 12.0. The van der Waals surface area contributed by atoms with Crippen LogP contribution in [0.4, 0.5) is 0 Å². The van der Waals surface area contributed by atoms with E-state index in [2.05, 4.69) is 6.92 Å². The number of rotatable bonds is 13. The van der Waals surface area contributed by atoms with Gasteiger partial charge in [-0.3, -0.25) is 4.79 Å². The molecule has 0 rings (SSSR count). The van der Waals surface area contributed by atoms with E-state index in [9.17, 15) is 15.0 Å². The molecule has 0 unspecified atom stereocenters. The van der Waals surface area contributed by atoms with Gasteiger partial charge in [0.2, 0.25) is 5.91 Å². The summed E-state index contributed by atoms with van der Waals surface area (Å²) in [6.07, 6.45) is 4.42. The van der Waals surface area contributed by atoms with Crippen molar-refractivity contribution in [3.63, 3.8) is 0 Å². The van der Waals surface area contributed by atoms with Gasteiger partial charge in [0.05, 0.1) is 19.3 Å². The molecule has 0 bridgehead atoms. The van der Waals surface area contributed by atoms with Crippen LogP contribution in [0.1, 0.15) is 51.9 Å². The lowest BCUT2D eigenvalue weighted by atomic mass is 10.1. The van der Waals surface area contributed by atoms with Crippen LogP contribution in [0.5, 0.6) is 0 Å². The average Bonchev–Trinajstić information content (AvgIpc) is 2.49. The Bertz CT molecular complexity index is 262. The number of nitrogens with zero attached hydrogens (tertiary/aromatic N) is 1. The van der Waals surface area contributed by atoms with Crippen molar-refractivity contribution in [2.75, 3.05) is 26.3 Å². The van der Waals surface area contributed by atoms with E-state index in [1.807, 2.05) is 0 Å². The van der Waals surface area contributed by atoms with Gasteiger partial charge in [0.15, 0.2) is 0 Å². The molecule has 0 aromatic rings. The molecule has 6 heteroatoms. The maximum Gasteiger partial charge on any atom is 0.222 e. The Morgan fingerprint density at radius 3 is 2.19 bits per heavy atom. The summed E-state index contributed by atoms with van der Waals surface area (Å²) >= 11 is 0. The standard InChI is InChI=1S/C15H31NO5/c1-2-3-4-5-6-7-8-15(21)16(9-10-17)11-13(19)14(20)12-18/h13-14,17-20H,2-12H2,1H3/t13-,14+/m1/s1. The molecule has 4 N–H and O–H groups in total. The molecule has 0 fully saturated rings. The van der Waals surface area contributed by atoms with E-state index in [0.29, 0.717) is 6.42 Å². The van der Waals surface area contributed by atoms with Crippen molar-refractivity contribution in [1.82, 2.24) is 4.90 Å². The lowest BCUT2D eigenvalue weighted by Crippen LogP contribution is -2.44. The summed E-state index contributed by atoms with van der Waals surface area (Å²) in [6.45, 7) is 1.47. The van der Waals surface area contributed by atoms with Crippen molar-refractivity contribution >= 4 is 5.91 Å². The molecule has 2 atom stereocenters. The Morgan fingerprint density at radius 1 is 1.00 bits per heavy atom. The van der Waals surface area contributed by atoms with Gasteiger partial charge in [-0.15, -0.1) is 0 Å². The van der Waals surface area contributed by atoms with Crippen LogP contribution in [-0.4, -0.2) is 69.7 Å². The zero-order chi connectivity index (χ0) is 16.1. The first kappa shape index (κ1) is 20.3. The van der Waals surface area contributed by atoms with Crippen LogP contribution < -0.4 is 0 Å². The molecule has 1 amide bonds. The van der Waals surface area contributed by atoms with Gasteiger partial charge >= 0.3 is 0 Å². The third-order valence-corrected chi connectivity index (χ3v) is 3.51. The van der Waals surface area contributed by atoms with E-state index < -0.39 is 18.8 Å². The zero-order valence-corrected chi connectivity index (χ0v) is 13.1. The molecule has 21 heavy (non-hydrogen) atoms. The highest BCUT2D eigenvalue weighted by molar-refractivity contribution is 5.76. The number of carbonyl (C=O) groups excluding carboxylic acids is 1. The molecule has 0 aromatic heterocycles. The van der Waals surface area contributed by atoms with Crippen molar-refractivity contribution in [2.24, 2.45) is 0 Å². The van der Waals surface area contributed by atoms with Gasteiger partial charge in [-0.25, -0.2) is 0 Å². The Hall–Kier alpha value is -0.690. The molecular formula is C15H31NO5. The monoisotopic (exact) mass is 305 g/mol. The summed E-state index contributed by atoms with van der Waals surface area (Å²) in [4.78, 5) is 13.4. The number of aliphatic hydroxyl groups excluding tert-OH is 4. The van der Waals surface area contributed by atoms with Crippen LogP contribution in [0.25, 0.3) is 0 Å². The first-order valence-electron chi connectivity index (χ1n) is 7.92. The molecule has 0 aliphatic carbocycles. The highest BCUT2D eigenvalue weighted by Gasteiger charge is 2.21. The molecule has 0 spiro atoms. The van der Waals surface area contributed by atoms with Crippen LogP contribution >= 0.6 is 0 Å². The SMILES string of the molecule is CCCCCCCCC(=O)N(CCO)C[C@@H](O)[C@@H](O)CO. The van der Waals surface area contributed by atoms with E-state index in [1.165, 1.54) is 24.2 Å². The van der Waals surface area contributed by atoms with Crippen molar-refractivity contribution < 1.29 is 25.2 Å². The second kappa shape index (κ2) is 13.0. The third-order valence-electron chi connectivity index (χ3n) is 3.51. The normalized spacial score (nSPS) is 14.0. The number of carbonyl (C=O) groups is 1. The molecule has 0 saturated carbocycles. The van der Waals surface area contributed by atoms with Gasteiger partial charge in [0.1, 0.15) is 6.10 Å². The molecule has 0 heterocycles. The minimum Gasteiger partial charge on any atom is -0.395 e. The first-order chi connectivity index (χ1) is 10.1. The molecule has 0 aliphatic heterocycles. The van der Waals surface area contributed by atoms with Crippen molar-refractivity contribution in [2.45, 2.75) is 64.1 Å². The maximum atomic E-state index is 12.0. The second-order valence-corrected chi connectivity index (χ2v) is 5.40. The highest BCUT2D eigenvalue weighted by Crippen LogP contribution is 2.09. The predicted octanol–water partition coefficient (Wildman–Crippen LogP) is 0.272. The van der Waals surface area contributed by atoms with E-state index in [-0.39, 0.29) is 25.6 Å². The Labute approximate surface area is 127 Å². The number of unbranched alkanes of at least 4 members (excludes halogenated alkanes) is 5. The fourth-order valence-electron chi connectivity index (χ4n) is 2.12. The largest absolute Gasteiger partial charge is 0.395 e. The van der Waals surface area contributed by atoms with Crippen LogP contribution in [0.15, 0.2) is 0 Å². The minimum atomic E-state index is -1.27. The smallest absolute Gasteiger partial charge is 0.222 e. The highest BCUT2D eigenvalue weighted by atomic mass is 16.4. The Balaban J connectivity index is 4.05. The lowest BCUT2D eigenvalue weighted by Gasteiger charge is -2.26. The summed E-state index contributed by atoms with van der Waals surface area (Å²) in [6, 6.07) is 0. The quantitative estimate of drug-likeness (QED) is 0.366. The number of amides is 1. The van der Waals surface area contributed by atoms with Crippen molar-refractivity contribution in [1.29, 1.82) is 0 Å². The van der Waals surface area contributed by atoms with Gasteiger partial charge in [-0.1, -0.05) is 39.0 Å². The fourth-order valence-corrected chi connectivity index (χ4v) is 2.12. The van der Waals surface area contributed by atoms with E-state index >= 15 is 0 Å². The third kappa shape index (κ3) is 9.79. The van der Waals surface area contributed by atoms with Crippen LogP contribution in [0, 0.1) is 0 Å². The van der Waals surface area contributed by atoms with Crippen LogP contribution in [-0.2, 0) is 4.79 Å². The summed E-state index contributed by atoms with van der Waals surface area (Å²) < 4.78 is 0. The van der Waals surface area contributed by atoms with Gasteiger partial charge < -0.3 is 25.3 Å². The van der Waals surface area contributed by atoms with E-state index in [1.54, 1.807) is 0 Å². The molecule has 6 nitrogen and oxygen atoms in total. The first-order valence-corrected chi connectivity index (χ1v) is 7.92. The van der Waals surface area contributed by atoms with Crippen LogP contribution in [0.2, 0.25) is 0 Å². The van der Waals surface area contributed by atoms with E-state index in [4.69, 9.17) is 10.2 Å². The molecular weight excluding hydrogens is 274 g/mol. The van der Waals surface area contributed by atoms with Crippen molar-refractivity contribution in [3.05, 3.63) is 0 Å². The van der Waals surface area contributed by atoms with Crippen molar-refractivity contribution in [3.8, 4) is 0 Å². The minimum absolute atomic E-state index is 0.0725. The average molecular weight is 305 g/mol. The molecule has 126 valence electrons. The molecule has 0 aromatic carbocycles. The lowest BCUT2D eigenvalue weighted by molar-refractivity contribution is -0.135. The second-order valence-electron chi connectivity index (χ2n) is 5.40. The Morgan fingerprint density at radius 2 is 1.62 bits per heavy atom. The number of hydrogen-bond donors (Lipinski definition) is 4. The zero-order valence-electron chi connectivity index (χ0n) is 13.1. The van der Waals surface area contributed by atoms with Gasteiger partial charge in [-0.05, 0) is 6.42 Å². The fraction of sp³-hybridized carbons (Fsp3) is 0.933. The molecule has 0 aliphatic rings. The van der Waals surface area contributed by atoms with Gasteiger partial charge in [-0.2, -0.15) is 0 Å². The van der Waals surface area contributed by atoms with Gasteiger partial charge in [0.25, 0.3) is 0 Å². The topological polar surface area (TPSA) is 101 Å². The summed E-state index contributed by atoms with van der Waals surface area (Å²) in [7, 11) is 0. The number of hydrogen-bond acceptors (Lipinski definition) is 5.